The first-order valence-corrected chi connectivity index (χ1v) is 9.64. The van der Waals surface area contributed by atoms with Crippen molar-refractivity contribution in [3.63, 3.8) is 0 Å². The molecule has 4 N–H and O–H groups in total. The number of hydrogen-bond acceptors (Lipinski definition) is 4. The Balaban J connectivity index is 2.25. The summed E-state index contributed by atoms with van der Waals surface area (Å²) >= 11 is 0.491. The monoisotopic (exact) mass is 340 g/mol. The van der Waals surface area contributed by atoms with Crippen LogP contribution in [0.25, 0.3) is 0 Å². The van der Waals surface area contributed by atoms with E-state index in [9.17, 15) is 14.8 Å². The van der Waals surface area contributed by atoms with E-state index in [4.69, 9.17) is 9.79 Å². The molecule has 0 fully saturated rings. The molecule has 0 aliphatic rings. The van der Waals surface area contributed by atoms with Crippen LogP contribution in [0.15, 0.2) is 47.4 Å². The van der Waals surface area contributed by atoms with Crippen LogP contribution < -0.4 is 0 Å². The molecule has 1 unspecified atom stereocenters. The minimum Gasteiger partial charge on any atom is -0.508 e. The van der Waals surface area contributed by atoms with Crippen LogP contribution in [0.5, 0.6) is 11.5 Å². The second-order valence-electron chi connectivity index (χ2n) is 5.07. The zero-order chi connectivity index (χ0) is 16.3. The van der Waals surface area contributed by atoms with E-state index in [1.54, 1.807) is 24.3 Å². The molecule has 7 heteroatoms. The Morgan fingerprint density at radius 2 is 1.64 bits per heavy atom. The van der Waals surface area contributed by atoms with Gasteiger partial charge in [0.1, 0.15) is 11.5 Å². The topological polar surface area (TPSA) is 98.0 Å². The number of benzene rings is 2. The van der Waals surface area contributed by atoms with Crippen molar-refractivity contribution >= 4 is 18.2 Å². The van der Waals surface area contributed by atoms with Crippen LogP contribution in [0.4, 0.5) is 0 Å². The number of hydrogen-bond donors (Lipinski definition) is 4. The minimum atomic E-state index is -4.25. The lowest BCUT2D eigenvalue weighted by molar-refractivity contribution is 0.397. The van der Waals surface area contributed by atoms with E-state index in [1.165, 1.54) is 18.2 Å². The maximum atomic E-state index is 11.2. The summed E-state index contributed by atoms with van der Waals surface area (Å²) < 4.78 is 11.2. The Kier molecular flexibility index (Phi) is 5.19. The minimum absolute atomic E-state index is 0.0583. The van der Waals surface area contributed by atoms with Gasteiger partial charge in [0.2, 0.25) is 0 Å². The molecule has 0 amide bonds. The van der Waals surface area contributed by atoms with Crippen LogP contribution in [0.3, 0.4) is 0 Å². The highest BCUT2D eigenvalue weighted by atomic mass is 32.7. The molecule has 118 valence electrons. The van der Waals surface area contributed by atoms with Crippen molar-refractivity contribution in [1.82, 2.24) is 0 Å². The van der Waals surface area contributed by atoms with Crippen molar-refractivity contribution in [3.05, 3.63) is 53.6 Å². The molecule has 0 aromatic heterocycles. The molecule has 0 aliphatic heterocycles. The first-order chi connectivity index (χ1) is 10.2. The van der Waals surface area contributed by atoms with Crippen LogP contribution in [0, 0.1) is 0 Å². The Bertz CT molecular complexity index is 696. The van der Waals surface area contributed by atoms with E-state index < -0.39 is 6.80 Å². The molecule has 0 radical (unpaired) electrons. The highest BCUT2D eigenvalue weighted by Gasteiger charge is 2.19. The van der Waals surface area contributed by atoms with Gasteiger partial charge in [-0.15, -0.1) is 0 Å². The fourth-order valence-electron chi connectivity index (χ4n) is 2.19. The number of rotatable bonds is 5. The van der Waals surface area contributed by atoms with Gasteiger partial charge in [-0.25, -0.2) is 4.57 Å². The normalized spacial score (nSPS) is 13.0. The van der Waals surface area contributed by atoms with E-state index in [-0.39, 0.29) is 17.4 Å². The molecule has 5 nitrogen and oxygen atoms in total. The van der Waals surface area contributed by atoms with Crippen LogP contribution >= 0.6 is 18.2 Å². The molecular formula is C15H17O5PS. The fourth-order valence-corrected chi connectivity index (χ4v) is 4.14. The second kappa shape index (κ2) is 6.75. The highest BCUT2D eigenvalue weighted by molar-refractivity contribution is 8.54. The van der Waals surface area contributed by atoms with Gasteiger partial charge in [-0.2, -0.15) is 0 Å². The first kappa shape index (κ1) is 16.9. The fraction of sp³-hybridized carbons (Fsp3) is 0.200. The lowest BCUT2D eigenvalue weighted by Gasteiger charge is -2.15. The number of phenols is 2. The van der Waals surface area contributed by atoms with Gasteiger partial charge in [-0.1, -0.05) is 19.1 Å². The summed E-state index contributed by atoms with van der Waals surface area (Å²) in [6.07, 6.45) is 0.515. The smallest absolute Gasteiger partial charge is 0.388 e. The van der Waals surface area contributed by atoms with Crippen molar-refractivity contribution in [2.24, 2.45) is 0 Å². The summed E-state index contributed by atoms with van der Waals surface area (Å²) in [7, 11) is 0. The summed E-state index contributed by atoms with van der Waals surface area (Å²) in [5.41, 5.74) is 1.67. The molecule has 0 heterocycles. The molecule has 0 bridgehead atoms. The van der Waals surface area contributed by atoms with E-state index in [1.807, 2.05) is 6.92 Å². The lowest BCUT2D eigenvalue weighted by atomic mass is 9.93. The molecule has 0 saturated heterocycles. The van der Waals surface area contributed by atoms with E-state index in [0.717, 1.165) is 5.56 Å². The number of aromatic hydroxyl groups is 2. The van der Waals surface area contributed by atoms with Gasteiger partial charge in [0.15, 0.2) is 0 Å². The van der Waals surface area contributed by atoms with Crippen LogP contribution in [-0.4, -0.2) is 20.0 Å². The average Bonchev–Trinajstić information content (AvgIpc) is 2.41. The van der Waals surface area contributed by atoms with Crippen LogP contribution in [-0.2, 0) is 11.0 Å². The molecule has 0 aliphatic carbocycles. The SMILES string of the molecule is CC(Cc1cc(O)ccc1SP(=O)(O)O)c1ccc(O)cc1. The zero-order valence-corrected chi connectivity index (χ0v) is 13.6. The maximum absolute atomic E-state index is 11.2. The quantitative estimate of drug-likeness (QED) is 0.621. The van der Waals surface area contributed by atoms with Gasteiger partial charge in [0, 0.05) is 4.90 Å². The third kappa shape index (κ3) is 4.78. The van der Waals surface area contributed by atoms with E-state index in [2.05, 4.69) is 0 Å². The van der Waals surface area contributed by atoms with Crippen LogP contribution in [0.1, 0.15) is 24.0 Å². The van der Waals surface area contributed by atoms with E-state index in [0.29, 0.717) is 28.3 Å². The summed E-state index contributed by atoms with van der Waals surface area (Å²) in [6.45, 7) is -2.28. The van der Waals surface area contributed by atoms with Crippen molar-refractivity contribution in [2.75, 3.05) is 0 Å². The predicted octanol–water partition coefficient (Wildman–Crippen LogP) is 3.63. The first-order valence-electron chi connectivity index (χ1n) is 6.60. The molecule has 2 aromatic rings. The zero-order valence-electron chi connectivity index (χ0n) is 11.9. The molecule has 2 rings (SSSR count). The standard InChI is InChI=1S/C15H17O5PS/c1-10(11-2-4-13(16)5-3-11)8-12-9-14(17)6-7-15(12)22-21(18,19)20/h2-7,9-10,16-17H,8H2,1H3,(H2,18,19,20). The molecular weight excluding hydrogens is 323 g/mol. The van der Waals surface area contributed by atoms with Crippen LogP contribution in [0.2, 0.25) is 0 Å². The molecule has 1 atom stereocenters. The van der Waals surface area contributed by atoms with Gasteiger partial charge >= 0.3 is 6.80 Å². The Morgan fingerprint density at radius 1 is 1.05 bits per heavy atom. The summed E-state index contributed by atoms with van der Waals surface area (Å²) in [6, 6.07) is 11.2. The maximum Gasteiger partial charge on any atom is 0.388 e. The summed E-state index contributed by atoms with van der Waals surface area (Å²) in [4.78, 5) is 18.7. The van der Waals surface area contributed by atoms with Crippen molar-refractivity contribution in [1.29, 1.82) is 0 Å². The largest absolute Gasteiger partial charge is 0.508 e. The van der Waals surface area contributed by atoms with Crippen molar-refractivity contribution in [3.8, 4) is 11.5 Å². The third-order valence-corrected chi connectivity index (χ3v) is 5.39. The van der Waals surface area contributed by atoms with Crippen molar-refractivity contribution in [2.45, 2.75) is 24.2 Å². The molecule has 0 saturated carbocycles. The Hall–Kier alpha value is -1.46. The molecule has 0 spiro atoms. The van der Waals surface area contributed by atoms with Gasteiger partial charge in [-0.3, -0.25) is 0 Å². The lowest BCUT2D eigenvalue weighted by Crippen LogP contribution is -1.99. The molecule has 22 heavy (non-hydrogen) atoms. The third-order valence-electron chi connectivity index (χ3n) is 3.25. The average molecular weight is 340 g/mol. The van der Waals surface area contributed by atoms with E-state index >= 15 is 0 Å². The van der Waals surface area contributed by atoms with Gasteiger partial charge < -0.3 is 20.0 Å². The molecule has 2 aromatic carbocycles. The van der Waals surface area contributed by atoms with Gasteiger partial charge in [0.05, 0.1) is 0 Å². The van der Waals surface area contributed by atoms with Gasteiger partial charge in [0.25, 0.3) is 0 Å². The predicted molar refractivity (Wildman–Crippen MR) is 86.2 cm³/mol. The second-order valence-corrected chi connectivity index (χ2v) is 8.65. The number of phenolic OH excluding ortho intramolecular Hbond substituents is 2. The Morgan fingerprint density at radius 3 is 2.23 bits per heavy atom. The van der Waals surface area contributed by atoms with Gasteiger partial charge in [-0.05, 0) is 65.2 Å². The van der Waals surface area contributed by atoms with Crippen molar-refractivity contribution < 1.29 is 24.6 Å². The Labute approximate surface area is 132 Å². The highest BCUT2D eigenvalue weighted by Crippen LogP contribution is 2.55. The summed E-state index contributed by atoms with van der Waals surface area (Å²) in [5, 5.41) is 18.9. The summed E-state index contributed by atoms with van der Waals surface area (Å²) in [5.74, 6) is 0.313.